The second-order valence-corrected chi connectivity index (χ2v) is 8.96. The number of methoxy groups -OCH3 is 1. The third kappa shape index (κ3) is 4.30. The first-order valence-electron chi connectivity index (χ1n) is 11.4. The summed E-state index contributed by atoms with van der Waals surface area (Å²) < 4.78 is 19.6. The van der Waals surface area contributed by atoms with Crippen molar-refractivity contribution in [2.24, 2.45) is 0 Å². The quantitative estimate of drug-likeness (QED) is 0.457. The number of alkyl halides is 1. The third-order valence-corrected chi connectivity index (χ3v) is 6.85. The minimum atomic E-state index is -0.799. The number of amides is 1. The molecular formula is C28H24ClFN2O3. The SMILES string of the molecule is COc1ccc([C@@H]2CC(=O)C3=C(C2)Nc2ccccc2N(C(=O)CCl)[C@H]3c2cccc(F)c2)cc1. The molecule has 1 N–H and O–H groups in total. The van der Waals surface area contributed by atoms with Gasteiger partial charge in [-0.1, -0.05) is 36.4 Å². The van der Waals surface area contributed by atoms with Gasteiger partial charge in [-0.25, -0.2) is 4.39 Å². The van der Waals surface area contributed by atoms with Gasteiger partial charge in [0.25, 0.3) is 0 Å². The molecule has 3 aromatic rings. The number of ether oxygens (including phenoxy) is 1. The Bertz CT molecular complexity index is 1320. The van der Waals surface area contributed by atoms with Gasteiger partial charge in [0, 0.05) is 17.7 Å². The molecule has 5 nitrogen and oxygen atoms in total. The number of halogens is 2. The molecule has 1 aliphatic carbocycles. The van der Waals surface area contributed by atoms with Crippen molar-refractivity contribution in [3.05, 3.63) is 101 Å². The Kier molecular flexibility index (Phi) is 6.31. The zero-order chi connectivity index (χ0) is 24.5. The van der Waals surface area contributed by atoms with Crippen LogP contribution in [0.15, 0.2) is 84.1 Å². The van der Waals surface area contributed by atoms with Crippen LogP contribution < -0.4 is 15.0 Å². The van der Waals surface area contributed by atoms with Crippen molar-refractivity contribution in [2.45, 2.75) is 24.8 Å². The third-order valence-electron chi connectivity index (χ3n) is 6.62. The summed E-state index contributed by atoms with van der Waals surface area (Å²) in [7, 11) is 1.61. The van der Waals surface area contributed by atoms with Gasteiger partial charge < -0.3 is 10.1 Å². The number of nitrogens with one attached hydrogen (secondary N) is 1. The second kappa shape index (κ2) is 9.55. The minimum absolute atomic E-state index is 0.0461. The molecule has 0 saturated carbocycles. The lowest BCUT2D eigenvalue weighted by Crippen LogP contribution is -2.39. The average molecular weight is 491 g/mol. The first kappa shape index (κ1) is 23.1. The molecule has 1 aliphatic heterocycles. The topological polar surface area (TPSA) is 58.6 Å². The molecule has 0 fully saturated rings. The first-order valence-corrected chi connectivity index (χ1v) is 11.9. The Hall–Kier alpha value is -3.64. The predicted molar refractivity (Wildman–Crippen MR) is 134 cm³/mol. The van der Waals surface area contributed by atoms with Crippen LogP contribution in [0, 0.1) is 5.82 Å². The van der Waals surface area contributed by atoms with Crippen LogP contribution in [0.5, 0.6) is 5.75 Å². The molecule has 0 spiro atoms. The lowest BCUT2D eigenvalue weighted by molar-refractivity contribution is -0.117. The number of hydrogen-bond acceptors (Lipinski definition) is 4. The van der Waals surface area contributed by atoms with Gasteiger partial charge in [-0.15, -0.1) is 11.6 Å². The molecule has 0 saturated heterocycles. The molecule has 0 aromatic heterocycles. The van der Waals surface area contributed by atoms with Gasteiger partial charge >= 0.3 is 0 Å². The van der Waals surface area contributed by atoms with Crippen LogP contribution in [-0.2, 0) is 9.59 Å². The van der Waals surface area contributed by atoms with Gasteiger partial charge in [-0.2, -0.15) is 0 Å². The molecule has 7 heteroatoms. The van der Waals surface area contributed by atoms with E-state index in [1.165, 1.54) is 17.0 Å². The van der Waals surface area contributed by atoms with Crippen LogP contribution in [0.4, 0.5) is 15.8 Å². The van der Waals surface area contributed by atoms with Crippen molar-refractivity contribution < 1.29 is 18.7 Å². The fourth-order valence-electron chi connectivity index (χ4n) is 5.03. The number of anilines is 2. The Morgan fingerprint density at radius 1 is 1.06 bits per heavy atom. The fraction of sp³-hybridized carbons (Fsp3) is 0.214. The lowest BCUT2D eigenvalue weighted by atomic mass is 9.78. The molecule has 2 aliphatic rings. The monoisotopic (exact) mass is 490 g/mol. The fourth-order valence-corrected chi connectivity index (χ4v) is 5.16. The standard InChI is InChI=1S/C28H24ClFN2O3/c1-35-21-11-9-17(10-12-21)19-14-23-27(25(33)15-19)28(18-5-4-6-20(30)13-18)32(26(34)16-29)24-8-3-2-7-22(24)31-23/h2-13,19,28,31H,14-16H2,1H3/t19-,28-/m0/s1. The van der Waals surface area contributed by atoms with Gasteiger partial charge in [0.05, 0.1) is 24.5 Å². The number of nitrogens with zero attached hydrogens (tertiary/aromatic N) is 1. The van der Waals surface area contributed by atoms with Crippen LogP contribution in [0.2, 0.25) is 0 Å². The van der Waals surface area contributed by atoms with Crippen molar-refractivity contribution in [3.8, 4) is 5.75 Å². The molecule has 0 unspecified atom stereocenters. The molecule has 0 radical (unpaired) electrons. The highest BCUT2D eigenvalue weighted by molar-refractivity contribution is 6.30. The van der Waals surface area contributed by atoms with E-state index >= 15 is 0 Å². The number of hydrogen-bond donors (Lipinski definition) is 1. The van der Waals surface area contributed by atoms with Crippen molar-refractivity contribution in [2.75, 3.05) is 23.2 Å². The van der Waals surface area contributed by atoms with Crippen molar-refractivity contribution >= 4 is 34.7 Å². The Balaban J connectivity index is 1.68. The summed E-state index contributed by atoms with van der Waals surface area (Å²) in [5.41, 5.74) is 4.03. The molecule has 1 heterocycles. The van der Waals surface area contributed by atoms with E-state index in [4.69, 9.17) is 16.3 Å². The summed E-state index contributed by atoms with van der Waals surface area (Å²) in [5, 5.41) is 3.44. The number of allylic oxidation sites excluding steroid dienone is 1. The maximum absolute atomic E-state index is 14.3. The summed E-state index contributed by atoms with van der Waals surface area (Å²) in [6.07, 6.45) is 0.842. The first-order chi connectivity index (χ1) is 17.0. The van der Waals surface area contributed by atoms with Gasteiger partial charge in [-0.05, 0) is 59.9 Å². The largest absolute Gasteiger partial charge is 0.497 e. The van der Waals surface area contributed by atoms with Gasteiger partial charge in [0.1, 0.15) is 17.4 Å². The number of ketones is 1. The molecule has 35 heavy (non-hydrogen) atoms. The number of fused-ring (bicyclic) bond motifs is 1. The van der Waals surface area contributed by atoms with E-state index in [0.29, 0.717) is 28.9 Å². The molecule has 1 amide bonds. The maximum atomic E-state index is 14.3. The second-order valence-electron chi connectivity index (χ2n) is 8.69. The van der Waals surface area contributed by atoms with Crippen LogP contribution in [0.1, 0.15) is 35.9 Å². The number of rotatable bonds is 4. The zero-order valence-corrected chi connectivity index (χ0v) is 19.9. The number of carbonyl (C=O) groups is 2. The Labute approximate surface area is 208 Å². The highest BCUT2D eigenvalue weighted by Crippen LogP contribution is 2.47. The summed E-state index contributed by atoms with van der Waals surface area (Å²) in [6, 6.07) is 20.3. The summed E-state index contributed by atoms with van der Waals surface area (Å²) >= 11 is 6.03. The number of Topliss-reactive ketones (excluding diaryl/α,β-unsaturated/α-hetero) is 1. The Morgan fingerprint density at radius 2 is 1.83 bits per heavy atom. The van der Waals surface area contributed by atoms with Gasteiger partial charge in [-0.3, -0.25) is 14.5 Å². The summed E-state index contributed by atoms with van der Waals surface area (Å²) in [6.45, 7) is 0. The molecule has 5 rings (SSSR count). The summed E-state index contributed by atoms with van der Waals surface area (Å²) in [4.78, 5) is 28.5. The van der Waals surface area contributed by atoms with Crippen molar-refractivity contribution in [3.63, 3.8) is 0 Å². The van der Waals surface area contributed by atoms with E-state index in [2.05, 4.69) is 5.32 Å². The highest BCUT2D eigenvalue weighted by atomic mass is 35.5. The highest BCUT2D eigenvalue weighted by Gasteiger charge is 2.41. The van der Waals surface area contributed by atoms with E-state index in [0.717, 1.165) is 17.0 Å². The van der Waals surface area contributed by atoms with Crippen molar-refractivity contribution in [1.82, 2.24) is 0 Å². The van der Waals surface area contributed by atoms with Crippen molar-refractivity contribution in [1.29, 1.82) is 0 Å². The maximum Gasteiger partial charge on any atom is 0.242 e. The van der Waals surface area contributed by atoms with Crippen LogP contribution >= 0.6 is 11.6 Å². The average Bonchev–Trinajstić information content (AvgIpc) is 3.03. The Morgan fingerprint density at radius 3 is 2.54 bits per heavy atom. The lowest BCUT2D eigenvalue weighted by Gasteiger charge is -2.35. The molecule has 0 bridgehead atoms. The number of carbonyl (C=O) groups excluding carboxylic acids is 2. The van der Waals surface area contributed by atoms with Crippen LogP contribution in [0.3, 0.4) is 0 Å². The predicted octanol–water partition coefficient (Wildman–Crippen LogP) is 5.97. The smallest absolute Gasteiger partial charge is 0.242 e. The number of benzene rings is 3. The van der Waals surface area contributed by atoms with E-state index in [1.54, 1.807) is 19.2 Å². The van der Waals surface area contributed by atoms with Crippen LogP contribution in [-0.4, -0.2) is 24.7 Å². The van der Waals surface area contributed by atoms with Gasteiger partial charge in [0.2, 0.25) is 5.91 Å². The molecule has 2 atom stereocenters. The zero-order valence-electron chi connectivity index (χ0n) is 19.1. The van der Waals surface area contributed by atoms with E-state index in [9.17, 15) is 14.0 Å². The minimum Gasteiger partial charge on any atom is -0.497 e. The van der Waals surface area contributed by atoms with Crippen LogP contribution in [0.25, 0.3) is 0 Å². The molecule has 178 valence electrons. The van der Waals surface area contributed by atoms with E-state index in [-0.39, 0.29) is 29.9 Å². The number of para-hydroxylation sites is 2. The molecular weight excluding hydrogens is 467 g/mol. The normalized spacial score (nSPS) is 19.4. The summed E-state index contributed by atoms with van der Waals surface area (Å²) in [5.74, 6) is -0.462. The van der Waals surface area contributed by atoms with E-state index in [1.807, 2.05) is 48.5 Å². The molecule has 3 aromatic carbocycles. The van der Waals surface area contributed by atoms with E-state index < -0.39 is 11.9 Å². The van der Waals surface area contributed by atoms with Gasteiger partial charge in [0.15, 0.2) is 5.78 Å².